The number of hydrogen-bond acceptors (Lipinski definition) is 3. The van der Waals surface area contributed by atoms with Crippen LogP contribution < -0.4 is 10.6 Å². The summed E-state index contributed by atoms with van der Waals surface area (Å²) in [5, 5.41) is 13.7. The summed E-state index contributed by atoms with van der Waals surface area (Å²) in [5.74, 6) is 1.17. The van der Waals surface area contributed by atoms with Crippen molar-refractivity contribution >= 4 is 12.6 Å². The summed E-state index contributed by atoms with van der Waals surface area (Å²) < 4.78 is 26.3. The van der Waals surface area contributed by atoms with Crippen molar-refractivity contribution < 1.29 is 13.6 Å². The predicted octanol–water partition coefficient (Wildman–Crippen LogP) is 5.83. The van der Waals surface area contributed by atoms with Crippen molar-refractivity contribution in [2.75, 3.05) is 20.1 Å². The van der Waals surface area contributed by atoms with Gasteiger partial charge in [0.15, 0.2) is 0 Å². The van der Waals surface area contributed by atoms with Crippen molar-refractivity contribution in [2.24, 2.45) is 0 Å². The molecule has 3 aromatic carbocycles. The first-order valence-electron chi connectivity index (χ1n) is 11.3. The van der Waals surface area contributed by atoms with Crippen molar-refractivity contribution in [3.05, 3.63) is 83.9 Å². The number of nitrogens with zero attached hydrogens (tertiary/aromatic N) is 1. The average molecular weight is 461 g/mol. The number of amides is 1. The molecular formula is C27H30BF2N3O. The lowest BCUT2D eigenvalue weighted by molar-refractivity contribution is 0.0963. The number of rotatable bonds is 3. The molecule has 4 rings (SSSR count). The zero-order chi connectivity index (χ0) is 24.9. The first-order chi connectivity index (χ1) is 16.3. The van der Waals surface area contributed by atoms with Gasteiger partial charge in [-0.1, -0.05) is 37.9 Å². The topological polar surface area (TPSA) is 64.9 Å². The molecule has 1 aliphatic rings. The molecule has 0 saturated carbocycles. The van der Waals surface area contributed by atoms with Gasteiger partial charge >= 0.3 is 0 Å². The Kier molecular flexibility index (Phi) is 11.0. The van der Waals surface area contributed by atoms with E-state index in [1.54, 1.807) is 43.4 Å². The van der Waals surface area contributed by atoms with E-state index in [1.807, 2.05) is 25.7 Å². The SMILES string of the molecule is C1CCNC1.CB(C)C#N.CNC(=O)c1cc(-c2ccc(F)cc2)cc(-c2ccc(F)cc2)c1. The minimum Gasteiger partial charge on any atom is -0.355 e. The molecule has 34 heavy (non-hydrogen) atoms. The van der Waals surface area contributed by atoms with Crippen LogP contribution in [-0.2, 0) is 0 Å². The Bertz CT molecular complexity index is 1020. The summed E-state index contributed by atoms with van der Waals surface area (Å²) in [7, 11) is 1.56. The molecule has 0 radical (unpaired) electrons. The standard InChI is InChI=1S/C20H15F2NO.C4H9N.C3H6BN/c1-23-20(24)17-11-15(13-2-6-18(21)7-3-13)10-16(12-17)14-4-8-19(22)9-5-14;1-2-4-5-3-1;1-4(2)3-5/h2-12H,1H3,(H,23,24);5H,1-4H2;1-2H3. The molecule has 0 spiro atoms. The monoisotopic (exact) mass is 461 g/mol. The Balaban J connectivity index is 0.000000340. The van der Waals surface area contributed by atoms with Gasteiger partial charge in [-0.3, -0.25) is 4.79 Å². The Morgan fingerprint density at radius 1 is 0.853 bits per heavy atom. The van der Waals surface area contributed by atoms with E-state index in [-0.39, 0.29) is 24.3 Å². The van der Waals surface area contributed by atoms with Crippen molar-refractivity contribution in [3.8, 4) is 28.2 Å². The van der Waals surface area contributed by atoms with Gasteiger partial charge in [0, 0.05) is 18.6 Å². The molecule has 1 amide bonds. The fourth-order valence-electron chi connectivity index (χ4n) is 3.15. The lowest BCUT2D eigenvalue weighted by Crippen LogP contribution is -2.17. The summed E-state index contributed by atoms with van der Waals surface area (Å²) in [6.45, 7) is 6.41. The van der Waals surface area contributed by atoms with Crippen molar-refractivity contribution in [3.63, 3.8) is 0 Å². The van der Waals surface area contributed by atoms with E-state index in [0.717, 1.165) is 22.3 Å². The number of nitriles is 1. The number of carbonyl (C=O) groups is 1. The molecule has 1 saturated heterocycles. The van der Waals surface area contributed by atoms with Crippen LogP contribution in [0, 0.1) is 22.9 Å². The molecule has 0 atom stereocenters. The van der Waals surface area contributed by atoms with E-state index in [2.05, 4.69) is 10.6 Å². The molecule has 0 aromatic heterocycles. The van der Waals surface area contributed by atoms with Crippen LogP contribution in [0.3, 0.4) is 0 Å². The third-order valence-electron chi connectivity index (χ3n) is 4.99. The minimum atomic E-state index is -0.319. The number of nitrogens with one attached hydrogen (secondary N) is 2. The Labute approximate surface area is 201 Å². The zero-order valence-electron chi connectivity index (χ0n) is 19.9. The van der Waals surface area contributed by atoms with Gasteiger partial charge in [0.1, 0.15) is 11.6 Å². The number of carbonyl (C=O) groups excluding carboxylic acids is 1. The van der Waals surface area contributed by atoms with Crippen molar-refractivity contribution in [1.29, 1.82) is 5.26 Å². The molecule has 1 fully saturated rings. The van der Waals surface area contributed by atoms with E-state index < -0.39 is 0 Å². The van der Waals surface area contributed by atoms with Crippen molar-refractivity contribution in [2.45, 2.75) is 26.5 Å². The van der Waals surface area contributed by atoms with Crippen LogP contribution in [0.2, 0.25) is 13.6 Å². The van der Waals surface area contributed by atoms with Crippen LogP contribution in [0.15, 0.2) is 66.7 Å². The van der Waals surface area contributed by atoms with Gasteiger partial charge in [-0.2, -0.15) is 0 Å². The minimum absolute atomic E-state index is 0.190. The fraction of sp³-hybridized carbons (Fsp3) is 0.259. The lowest BCUT2D eigenvalue weighted by atomic mass is 9.57. The summed E-state index contributed by atoms with van der Waals surface area (Å²) in [5.41, 5.74) is 3.65. The molecule has 0 unspecified atom stereocenters. The van der Waals surface area contributed by atoms with Gasteiger partial charge in [-0.25, -0.2) is 14.0 Å². The maximum Gasteiger partial charge on any atom is 0.261 e. The first kappa shape index (κ1) is 26.8. The van der Waals surface area contributed by atoms with Gasteiger partial charge < -0.3 is 10.6 Å². The second kappa shape index (κ2) is 13.9. The summed E-state index contributed by atoms with van der Waals surface area (Å²) in [4.78, 5) is 12.1. The van der Waals surface area contributed by atoms with E-state index in [0.29, 0.717) is 5.56 Å². The summed E-state index contributed by atoms with van der Waals surface area (Å²) in [6.07, 6.45) is 2.78. The maximum absolute atomic E-state index is 13.1. The molecule has 0 aliphatic carbocycles. The third kappa shape index (κ3) is 8.80. The summed E-state index contributed by atoms with van der Waals surface area (Å²) in [6, 6.07) is 17.5. The maximum atomic E-state index is 13.1. The van der Waals surface area contributed by atoms with Gasteiger partial charge in [-0.05, 0) is 90.6 Å². The first-order valence-corrected chi connectivity index (χ1v) is 11.3. The highest BCUT2D eigenvalue weighted by Gasteiger charge is 2.10. The van der Waals surface area contributed by atoms with Crippen LogP contribution in [-0.4, -0.2) is 32.8 Å². The molecule has 7 heteroatoms. The van der Waals surface area contributed by atoms with Gasteiger partial charge in [-0.15, -0.1) is 0 Å². The van der Waals surface area contributed by atoms with Crippen LogP contribution in [0.5, 0.6) is 0 Å². The number of benzene rings is 3. The molecule has 176 valence electrons. The molecule has 0 bridgehead atoms. The van der Waals surface area contributed by atoms with Crippen LogP contribution >= 0.6 is 0 Å². The largest absolute Gasteiger partial charge is 0.355 e. The van der Waals surface area contributed by atoms with E-state index in [4.69, 9.17) is 5.26 Å². The van der Waals surface area contributed by atoms with Crippen LogP contribution in [0.1, 0.15) is 23.2 Å². The highest BCUT2D eigenvalue weighted by atomic mass is 19.1. The van der Waals surface area contributed by atoms with Gasteiger partial charge in [0.2, 0.25) is 0 Å². The van der Waals surface area contributed by atoms with Gasteiger partial charge in [0.25, 0.3) is 12.6 Å². The summed E-state index contributed by atoms with van der Waals surface area (Å²) >= 11 is 0. The Morgan fingerprint density at radius 3 is 1.56 bits per heavy atom. The quantitative estimate of drug-likeness (QED) is 0.483. The van der Waals surface area contributed by atoms with Crippen LogP contribution in [0.25, 0.3) is 22.3 Å². The van der Waals surface area contributed by atoms with E-state index in [9.17, 15) is 13.6 Å². The normalized spacial score (nSPS) is 11.8. The lowest BCUT2D eigenvalue weighted by Gasteiger charge is -2.10. The Morgan fingerprint density at radius 2 is 1.26 bits per heavy atom. The van der Waals surface area contributed by atoms with Crippen LogP contribution in [0.4, 0.5) is 8.78 Å². The predicted molar refractivity (Wildman–Crippen MR) is 136 cm³/mol. The molecule has 1 heterocycles. The average Bonchev–Trinajstić information content (AvgIpc) is 3.45. The Hall–Kier alpha value is -3.50. The second-order valence-corrected chi connectivity index (χ2v) is 8.13. The second-order valence-electron chi connectivity index (χ2n) is 8.13. The molecular weight excluding hydrogens is 431 g/mol. The molecule has 1 aliphatic heterocycles. The highest BCUT2D eigenvalue weighted by Crippen LogP contribution is 2.29. The molecule has 3 aromatic rings. The van der Waals surface area contributed by atoms with Crippen molar-refractivity contribution in [1.82, 2.24) is 10.6 Å². The third-order valence-corrected chi connectivity index (χ3v) is 4.99. The smallest absolute Gasteiger partial charge is 0.261 e. The van der Waals surface area contributed by atoms with E-state index in [1.165, 1.54) is 50.2 Å². The van der Waals surface area contributed by atoms with Gasteiger partial charge in [0.05, 0.1) is 0 Å². The molecule has 4 nitrogen and oxygen atoms in total. The fourth-order valence-corrected chi connectivity index (χ4v) is 3.15. The van der Waals surface area contributed by atoms with E-state index >= 15 is 0 Å². The zero-order valence-corrected chi connectivity index (χ0v) is 19.9. The number of hydrogen-bond donors (Lipinski definition) is 2. The number of halogens is 2. The highest BCUT2D eigenvalue weighted by molar-refractivity contribution is 6.64. The molecule has 2 N–H and O–H groups in total.